The van der Waals surface area contributed by atoms with Crippen LogP contribution in [0.4, 0.5) is 0 Å². The number of hydrogen-bond acceptors (Lipinski definition) is 3. The molecule has 1 saturated carbocycles. The van der Waals surface area contributed by atoms with Crippen LogP contribution in [0.25, 0.3) is 0 Å². The molecule has 0 radical (unpaired) electrons. The molecule has 0 aromatic rings. The van der Waals surface area contributed by atoms with Crippen molar-refractivity contribution in [3.8, 4) is 0 Å². The fourth-order valence-electron chi connectivity index (χ4n) is 2.65. The summed E-state index contributed by atoms with van der Waals surface area (Å²) in [7, 11) is 0. The first-order chi connectivity index (χ1) is 8.33. The Balaban J connectivity index is 2.40. The van der Waals surface area contributed by atoms with Crippen LogP contribution >= 0.6 is 0 Å². The Morgan fingerprint density at radius 2 is 2.11 bits per heavy atom. The molecule has 1 aliphatic rings. The van der Waals surface area contributed by atoms with Crippen LogP contribution in [0.2, 0.25) is 0 Å². The zero-order valence-corrected chi connectivity index (χ0v) is 12.2. The van der Waals surface area contributed by atoms with E-state index in [1.807, 2.05) is 0 Å². The third kappa shape index (κ3) is 4.60. The van der Waals surface area contributed by atoms with Crippen LogP contribution in [0.3, 0.4) is 0 Å². The van der Waals surface area contributed by atoms with Crippen molar-refractivity contribution in [3.05, 3.63) is 0 Å². The molecule has 0 spiro atoms. The maximum absolute atomic E-state index is 11.7. The number of ether oxygens (including phenoxy) is 1. The van der Waals surface area contributed by atoms with Gasteiger partial charge in [0.05, 0.1) is 6.10 Å². The second-order valence-corrected chi connectivity index (χ2v) is 6.40. The first-order valence-corrected chi connectivity index (χ1v) is 7.21. The molecule has 0 heterocycles. The number of carbonyl (C=O) groups is 1. The predicted octanol–water partition coefficient (Wildman–Crippen LogP) is 3.30. The highest BCUT2D eigenvalue weighted by Crippen LogP contribution is 2.42. The first kappa shape index (κ1) is 15.5. The van der Waals surface area contributed by atoms with Crippen LogP contribution in [0.15, 0.2) is 0 Å². The molecule has 0 saturated heterocycles. The van der Waals surface area contributed by atoms with E-state index in [9.17, 15) is 4.79 Å². The smallest absolute Gasteiger partial charge is 0.306 e. The Kier molecular flexibility index (Phi) is 5.64. The number of aliphatic hydroxyl groups excluding tert-OH is 1. The largest absolute Gasteiger partial charge is 0.462 e. The van der Waals surface area contributed by atoms with Gasteiger partial charge in [0.1, 0.15) is 6.10 Å². The summed E-state index contributed by atoms with van der Waals surface area (Å²) in [6.07, 6.45) is 4.81. The maximum atomic E-state index is 11.7. The van der Waals surface area contributed by atoms with Crippen molar-refractivity contribution in [1.82, 2.24) is 0 Å². The molecule has 18 heavy (non-hydrogen) atoms. The molecule has 1 fully saturated rings. The topological polar surface area (TPSA) is 46.5 Å². The molecule has 0 aliphatic heterocycles. The molecule has 1 N–H and O–H groups in total. The van der Waals surface area contributed by atoms with E-state index < -0.39 is 6.10 Å². The average Bonchev–Trinajstić information content (AvgIpc) is 2.26. The highest BCUT2D eigenvalue weighted by molar-refractivity contribution is 5.69. The fraction of sp³-hybridized carbons (Fsp3) is 0.933. The lowest BCUT2D eigenvalue weighted by atomic mass is 9.67. The van der Waals surface area contributed by atoms with Crippen molar-refractivity contribution in [3.63, 3.8) is 0 Å². The Morgan fingerprint density at radius 1 is 1.44 bits per heavy atom. The van der Waals surface area contributed by atoms with Crippen molar-refractivity contribution in [2.24, 2.45) is 11.3 Å². The van der Waals surface area contributed by atoms with E-state index in [4.69, 9.17) is 9.84 Å². The molecular formula is C15H28O3. The van der Waals surface area contributed by atoms with Gasteiger partial charge >= 0.3 is 5.97 Å². The minimum Gasteiger partial charge on any atom is -0.462 e. The zero-order valence-electron chi connectivity index (χ0n) is 12.2. The summed E-state index contributed by atoms with van der Waals surface area (Å²) in [6, 6.07) is 0. The minimum atomic E-state index is -0.426. The summed E-state index contributed by atoms with van der Waals surface area (Å²) >= 11 is 0. The van der Waals surface area contributed by atoms with E-state index in [1.165, 1.54) is 6.42 Å². The minimum absolute atomic E-state index is 0.0765. The van der Waals surface area contributed by atoms with Gasteiger partial charge in [0.2, 0.25) is 0 Å². The lowest BCUT2D eigenvalue weighted by Crippen LogP contribution is -2.35. The summed E-state index contributed by atoms with van der Waals surface area (Å²) in [5, 5.41) is 9.16. The quantitative estimate of drug-likeness (QED) is 0.768. The Hall–Kier alpha value is -0.570. The summed E-state index contributed by atoms with van der Waals surface area (Å²) in [5.74, 6) is 0.463. The van der Waals surface area contributed by atoms with E-state index in [1.54, 1.807) is 6.92 Å². The van der Waals surface area contributed by atoms with Gasteiger partial charge in [-0.05, 0) is 50.4 Å². The van der Waals surface area contributed by atoms with Crippen molar-refractivity contribution >= 4 is 5.97 Å². The summed E-state index contributed by atoms with van der Waals surface area (Å²) < 4.78 is 5.54. The molecule has 3 nitrogen and oxygen atoms in total. The Labute approximate surface area is 111 Å². The molecule has 0 amide bonds. The van der Waals surface area contributed by atoms with Crippen LogP contribution in [0, 0.1) is 11.3 Å². The third-order valence-electron chi connectivity index (χ3n) is 4.43. The second-order valence-electron chi connectivity index (χ2n) is 6.40. The maximum Gasteiger partial charge on any atom is 0.306 e. The number of hydrogen-bond donors (Lipinski definition) is 1. The molecule has 0 bridgehead atoms. The van der Waals surface area contributed by atoms with Gasteiger partial charge in [-0.3, -0.25) is 4.79 Å². The Bertz CT molecular complexity index is 273. The average molecular weight is 256 g/mol. The number of aliphatic hydroxyl groups is 1. The van der Waals surface area contributed by atoms with Crippen molar-refractivity contribution in [2.45, 2.75) is 78.4 Å². The molecule has 106 valence electrons. The normalized spacial score (nSPS) is 30.2. The van der Waals surface area contributed by atoms with E-state index in [-0.39, 0.29) is 12.1 Å². The van der Waals surface area contributed by atoms with Crippen LogP contribution in [-0.4, -0.2) is 23.3 Å². The molecule has 1 aliphatic carbocycles. The van der Waals surface area contributed by atoms with Crippen molar-refractivity contribution in [1.29, 1.82) is 0 Å². The number of rotatable bonds is 5. The molecule has 3 unspecified atom stereocenters. The van der Waals surface area contributed by atoms with Gasteiger partial charge in [0.15, 0.2) is 0 Å². The molecule has 3 heteroatoms. The first-order valence-electron chi connectivity index (χ1n) is 7.21. The SMILES string of the molecule is CC(O)CCC(=O)OC1CCCC(C)(C(C)C)C1. The van der Waals surface area contributed by atoms with E-state index >= 15 is 0 Å². The monoisotopic (exact) mass is 256 g/mol. The lowest BCUT2D eigenvalue weighted by Gasteiger charge is -2.41. The van der Waals surface area contributed by atoms with Gasteiger partial charge < -0.3 is 9.84 Å². The molecule has 1 rings (SSSR count). The highest BCUT2D eigenvalue weighted by atomic mass is 16.5. The molecule has 3 atom stereocenters. The van der Waals surface area contributed by atoms with E-state index in [2.05, 4.69) is 20.8 Å². The van der Waals surface area contributed by atoms with Crippen molar-refractivity contribution < 1.29 is 14.6 Å². The third-order valence-corrected chi connectivity index (χ3v) is 4.43. The highest BCUT2D eigenvalue weighted by Gasteiger charge is 2.36. The molecular weight excluding hydrogens is 228 g/mol. The van der Waals surface area contributed by atoms with Gasteiger partial charge in [-0.1, -0.05) is 20.8 Å². The van der Waals surface area contributed by atoms with Gasteiger partial charge in [-0.25, -0.2) is 0 Å². The standard InChI is InChI=1S/C15H28O3/c1-11(2)15(4)9-5-6-13(10-15)18-14(17)8-7-12(3)16/h11-13,16H,5-10H2,1-4H3. The molecule has 0 aromatic heterocycles. The second kappa shape index (κ2) is 6.55. The molecule has 0 aromatic carbocycles. The van der Waals surface area contributed by atoms with E-state index in [0.29, 0.717) is 24.2 Å². The van der Waals surface area contributed by atoms with Crippen LogP contribution in [0.1, 0.15) is 66.2 Å². The van der Waals surface area contributed by atoms with Gasteiger partial charge in [0.25, 0.3) is 0 Å². The lowest BCUT2D eigenvalue weighted by molar-refractivity contribution is -0.153. The summed E-state index contributed by atoms with van der Waals surface area (Å²) in [6.45, 7) is 8.49. The summed E-state index contributed by atoms with van der Waals surface area (Å²) in [4.78, 5) is 11.7. The van der Waals surface area contributed by atoms with Gasteiger partial charge in [-0.15, -0.1) is 0 Å². The fourth-order valence-corrected chi connectivity index (χ4v) is 2.65. The van der Waals surface area contributed by atoms with E-state index in [0.717, 1.165) is 19.3 Å². The Morgan fingerprint density at radius 3 is 2.67 bits per heavy atom. The summed E-state index contributed by atoms with van der Waals surface area (Å²) in [5.41, 5.74) is 0.299. The zero-order chi connectivity index (χ0) is 13.8. The van der Waals surface area contributed by atoms with Crippen LogP contribution < -0.4 is 0 Å². The van der Waals surface area contributed by atoms with Crippen molar-refractivity contribution in [2.75, 3.05) is 0 Å². The van der Waals surface area contributed by atoms with Crippen LogP contribution in [0.5, 0.6) is 0 Å². The number of esters is 1. The van der Waals surface area contributed by atoms with Gasteiger partial charge in [-0.2, -0.15) is 0 Å². The predicted molar refractivity (Wildman–Crippen MR) is 72.2 cm³/mol. The van der Waals surface area contributed by atoms with Gasteiger partial charge in [0, 0.05) is 6.42 Å². The van der Waals surface area contributed by atoms with Crippen LogP contribution in [-0.2, 0) is 9.53 Å². The number of carbonyl (C=O) groups excluding carboxylic acids is 1.